The van der Waals surface area contributed by atoms with Gasteiger partial charge in [0.05, 0.1) is 0 Å². The van der Waals surface area contributed by atoms with Gasteiger partial charge in [0, 0.05) is 0 Å². The lowest BCUT2D eigenvalue weighted by atomic mass is 9.33. The van der Waals surface area contributed by atoms with Crippen LogP contribution in [0.4, 0.5) is 0 Å². The minimum atomic E-state index is 0.190. The molecule has 0 aliphatic heterocycles. The van der Waals surface area contributed by atoms with Crippen molar-refractivity contribution in [2.24, 2.45) is 87.3 Å². The first-order chi connectivity index (χ1) is 20.5. The second-order valence-corrected chi connectivity index (χ2v) is 19.3. The molecule has 254 valence electrons. The van der Waals surface area contributed by atoms with E-state index in [-0.39, 0.29) is 5.41 Å². The van der Waals surface area contributed by atoms with Gasteiger partial charge in [0.1, 0.15) is 0 Å². The second kappa shape index (κ2) is 13.9. The fraction of sp³-hybridized carbons (Fsp3) is 0.909. The molecular weight excluding hydrogens is 528 g/mol. The average Bonchev–Trinajstić information content (AvgIpc) is 2.91. The van der Waals surface area contributed by atoms with E-state index in [1.165, 1.54) is 83.5 Å². The molecule has 0 heteroatoms. The van der Waals surface area contributed by atoms with Crippen molar-refractivity contribution in [3.8, 4) is 0 Å². The lowest BCUT2D eigenvalue weighted by Gasteiger charge is -2.71. The number of hydrogen-bond donors (Lipinski definition) is 0. The molecule has 0 N–H and O–H groups in total. The summed E-state index contributed by atoms with van der Waals surface area (Å²) in [6.45, 7) is 41.0. The van der Waals surface area contributed by atoms with Crippen LogP contribution in [0.25, 0.3) is 0 Å². The Hall–Kier alpha value is -0.520. The van der Waals surface area contributed by atoms with Crippen molar-refractivity contribution in [2.45, 2.75) is 167 Å². The van der Waals surface area contributed by atoms with Crippen molar-refractivity contribution < 1.29 is 0 Å². The zero-order valence-electron chi connectivity index (χ0n) is 32.0. The normalized spacial score (nSPS) is 44.8. The van der Waals surface area contributed by atoms with E-state index in [4.69, 9.17) is 13.2 Å². The Morgan fingerprint density at radius 3 is 2.07 bits per heavy atom. The maximum Gasteiger partial charge on any atom is -0.00305 e. The third kappa shape index (κ3) is 6.35. The van der Waals surface area contributed by atoms with Gasteiger partial charge in [-0.15, -0.1) is 0 Å². The standard InChI is InChI=1S/C44H78/c1-15-16-17-18-19-20-21-30(6)22-23-36-24-37(28(2)3)38-26-42(12)27-43(13)25-31(7)39(29(4)5)34(10)44(43,14)35(11)41(42)33(9)40(38)32(36)8/h28-32,35-41H,9-10,15-27H2,1-8,11-14H3. The zero-order valence-corrected chi connectivity index (χ0v) is 32.0. The smallest absolute Gasteiger partial charge is 0.00305 e. The van der Waals surface area contributed by atoms with Crippen molar-refractivity contribution in [1.29, 1.82) is 0 Å². The van der Waals surface area contributed by atoms with Gasteiger partial charge in [-0.3, -0.25) is 0 Å². The van der Waals surface area contributed by atoms with Crippen LogP contribution < -0.4 is 0 Å². The summed E-state index contributed by atoms with van der Waals surface area (Å²) in [6, 6.07) is 0. The van der Waals surface area contributed by atoms with Crippen molar-refractivity contribution in [3.63, 3.8) is 0 Å². The number of unbranched alkanes of at least 4 members (excludes halogenated alkanes) is 5. The van der Waals surface area contributed by atoms with E-state index in [0.717, 1.165) is 41.4 Å². The van der Waals surface area contributed by atoms with Crippen LogP contribution in [-0.4, -0.2) is 0 Å². The largest absolute Gasteiger partial charge is 0.0992 e. The molecule has 0 amide bonds. The summed E-state index contributed by atoms with van der Waals surface area (Å²) in [7, 11) is 0. The Balaban J connectivity index is 1.55. The fourth-order valence-electron chi connectivity index (χ4n) is 13.6. The van der Waals surface area contributed by atoms with Gasteiger partial charge in [-0.2, -0.15) is 0 Å². The Morgan fingerprint density at radius 1 is 0.818 bits per heavy atom. The Morgan fingerprint density at radius 2 is 1.45 bits per heavy atom. The number of hydrogen-bond acceptors (Lipinski definition) is 0. The molecule has 0 aromatic heterocycles. The molecule has 13 atom stereocenters. The van der Waals surface area contributed by atoms with Crippen LogP contribution in [0.2, 0.25) is 0 Å². The number of rotatable bonds is 12. The zero-order chi connectivity index (χ0) is 32.8. The van der Waals surface area contributed by atoms with E-state index < -0.39 is 0 Å². The lowest BCUT2D eigenvalue weighted by molar-refractivity contribution is -0.168. The molecule has 0 aromatic carbocycles. The number of fused-ring (bicyclic) bond motifs is 3. The summed E-state index contributed by atoms with van der Waals surface area (Å²) in [6.07, 6.45) is 18.5. The van der Waals surface area contributed by atoms with Gasteiger partial charge in [0.15, 0.2) is 0 Å². The molecule has 0 spiro atoms. The molecule has 4 aliphatic rings. The quantitative estimate of drug-likeness (QED) is 0.153. The highest BCUT2D eigenvalue weighted by molar-refractivity contribution is 5.33. The van der Waals surface area contributed by atoms with Gasteiger partial charge >= 0.3 is 0 Å². The summed E-state index contributed by atoms with van der Waals surface area (Å²) < 4.78 is 0. The topological polar surface area (TPSA) is 0 Å². The van der Waals surface area contributed by atoms with Crippen LogP contribution >= 0.6 is 0 Å². The van der Waals surface area contributed by atoms with Crippen LogP contribution in [0, 0.1) is 87.3 Å². The SMILES string of the molecule is C=C1C2C(C)C(CCC(C)CCCCCCCC)CC(C(C)C)C2CC2(C)CC3(C)CC(C)C(C(C)C)C(=C)C3(C)C(C)C12. The summed E-state index contributed by atoms with van der Waals surface area (Å²) >= 11 is 0. The van der Waals surface area contributed by atoms with Gasteiger partial charge in [0.2, 0.25) is 0 Å². The molecule has 0 nitrogen and oxygen atoms in total. The first-order valence-corrected chi connectivity index (χ1v) is 19.9. The Kier molecular flexibility index (Phi) is 11.5. The van der Waals surface area contributed by atoms with E-state index >= 15 is 0 Å². The molecule has 0 heterocycles. The van der Waals surface area contributed by atoms with Crippen LogP contribution in [0.5, 0.6) is 0 Å². The molecule has 4 aliphatic carbocycles. The van der Waals surface area contributed by atoms with E-state index in [1.807, 2.05) is 0 Å². The van der Waals surface area contributed by atoms with E-state index in [0.29, 0.717) is 40.4 Å². The molecule has 0 aromatic rings. The van der Waals surface area contributed by atoms with E-state index in [2.05, 4.69) is 83.1 Å². The third-order valence-electron chi connectivity index (χ3n) is 15.7. The van der Waals surface area contributed by atoms with E-state index in [1.54, 1.807) is 11.1 Å². The molecule has 4 saturated carbocycles. The molecule has 13 unspecified atom stereocenters. The predicted molar refractivity (Wildman–Crippen MR) is 196 cm³/mol. The third-order valence-corrected chi connectivity index (χ3v) is 15.7. The van der Waals surface area contributed by atoms with Crippen molar-refractivity contribution in [3.05, 3.63) is 24.3 Å². The summed E-state index contributed by atoms with van der Waals surface area (Å²) in [5.74, 6) is 8.97. The van der Waals surface area contributed by atoms with Crippen molar-refractivity contribution in [2.75, 3.05) is 0 Å². The summed E-state index contributed by atoms with van der Waals surface area (Å²) in [5, 5.41) is 0. The van der Waals surface area contributed by atoms with Crippen LogP contribution in [0.15, 0.2) is 24.3 Å². The van der Waals surface area contributed by atoms with Crippen molar-refractivity contribution in [1.82, 2.24) is 0 Å². The van der Waals surface area contributed by atoms with Gasteiger partial charge in [-0.1, -0.05) is 159 Å². The first-order valence-electron chi connectivity index (χ1n) is 19.9. The molecule has 44 heavy (non-hydrogen) atoms. The molecule has 0 bridgehead atoms. The minimum Gasteiger partial charge on any atom is -0.0992 e. The minimum absolute atomic E-state index is 0.190. The van der Waals surface area contributed by atoms with Crippen molar-refractivity contribution >= 4 is 0 Å². The van der Waals surface area contributed by atoms with Crippen LogP contribution in [0.1, 0.15) is 167 Å². The maximum atomic E-state index is 5.18. The lowest BCUT2D eigenvalue weighted by Crippen LogP contribution is -2.64. The van der Waals surface area contributed by atoms with Crippen LogP contribution in [-0.2, 0) is 0 Å². The molecule has 4 fully saturated rings. The fourth-order valence-corrected chi connectivity index (χ4v) is 13.6. The molecule has 4 rings (SSSR count). The Bertz CT molecular complexity index is 984. The highest BCUT2D eigenvalue weighted by Crippen LogP contribution is 2.75. The number of allylic oxidation sites excluding steroid dienone is 2. The first kappa shape index (κ1) is 36.3. The molecular formula is C44H78. The average molecular weight is 607 g/mol. The molecule has 0 saturated heterocycles. The van der Waals surface area contributed by atoms with Gasteiger partial charge in [0.25, 0.3) is 0 Å². The predicted octanol–water partition coefficient (Wildman–Crippen LogP) is 13.8. The maximum absolute atomic E-state index is 5.18. The van der Waals surface area contributed by atoms with Gasteiger partial charge < -0.3 is 0 Å². The Labute approximate surface area is 277 Å². The summed E-state index contributed by atoms with van der Waals surface area (Å²) in [4.78, 5) is 0. The molecule has 0 radical (unpaired) electrons. The van der Waals surface area contributed by atoms with Gasteiger partial charge in [-0.25, -0.2) is 0 Å². The van der Waals surface area contributed by atoms with E-state index in [9.17, 15) is 0 Å². The van der Waals surface area contributed by atoms with Crippen LogP contribution in [0.3, 0.4) is 0 Å². The monoisotopic (exact) mass is 607 g/mol. The highest BCUT2D eigenvalue weighted by Gasteiger charge is 2.67. The van der Waals surface area contributed by atoms with Gasteiger partial charge in [-0.05, 0) is 119 Å². The summed E-state index contributed by atoms with van der Waals surface area (Å²) in [5.41, 5.74) is 4.15. The second-order valence-electron chi connectivity index (χ2n) is 19.3. The highest BCUT2D eigenvalue weighted by atomic mass is 14.7.